The number of aliphatic hydroxyl groups excluding tert-OH is 1. The molecule has 3 unspecified atom stereocenters. The predicted octanol–water partition coefficient (Wildman–Crippen LogP) is 2.42. The second-order valence-electron chi connectivity index (χ2n) is 7.25. The average molecular weight is 297 g/mol. The molecule has 0 radical (unpaired) electrons. The van der Waals surface area contributed by atoms with Crippen molar-refractivity contribution in [3.8, 4) is 0 Å². The number of rotatable bonds is 1. The van der Waals surface area contributed by atoms with Crippen LogP contribution >= 0.6 is 11.8 Å². The lowest BCUT2D eigenvalue weighted by Crippen LogP contribution is -2.56. The molecular weight excluding hydrogens is 270 g/mol. The molecule has 1 N–H and O–H groups in total. The van der Waals surface area contributed by atoms with Gasteiger partial charge in [0.05, 0.1) is 11.7 Å². The molecule has 20 heavy (non-hydrogen) atoms. The largest absolute Gasteiger partial charge is 0.393 e. The fraction of sp³-hybridized carbons (Fsp3) is 1.00. The van der Waals surface area contributed by atoms with Gasteiger partial charge >= 0.3 is 0 Å². The summed E-state index contributed by atoms with van der Waals surface area (Å²) in [6, 6.07) is 2.03. The Kier molecular flexibility index (Phi) is 3.78. The quantitative estimate of drug-likeness (QED) is 0.806. The lowest BCUT2D eigenvalue weighted by molar-refractivity contribution is -0.123. The van der Waals surface area contributed by atoms with Crippen LogP contribution in [0.25, 0.3) is 0 Å². The van der Waals surface area contributed by atoms with Gasteiger partial charge in [-0.1, -0.05) is 0 Å². The molecule has 4 saturated heterocycles. The van der Waals surface area contributed by atoms with E-state index in [1.54, 1.807) is 0 Å². The van der Waals surface area contributed by atoms with Gasteiger partial charge < -0.3 is 9.84 Å². The van der Waals surface area contributed by atoms with Gasteiger partial charge in [-0.15, -0.1) is 0 Å². The van der Waals surface area contributed by atoms with Crippen molar-refractivity contribution < 1.29 is 9.84 Å². The summed E-state index contributed by atoms with van der Waals surface area (Å²) < 4.78 is 6.25. The van der Waals surface area contributed by atoms with E-state index in [1.807, 2.05) is 0 Å². The molecule has 0 amide bonds. The Morgan fingerprint density at radius 1 is 1.00 bits per heavy atom. The van der Waals surface area contributed by atoms with E-state index in [2.05, 4.69) is 16.7 Å². The molecule has 114 valence electrons. The Balaban J connectivity index is 1.48. The van der Waals surface area contributed by atoms with Crippen LogP contribution in [0.5, 0.6) is 0 Å². The fourth-order valence-electron chi connectivity index (χ4n) is 5.13. The van der Waals surface area contributed by atoms with E-state index in [0.29, 0.717) is 12.1 Å². The lowest BCUT2D eigenvalue weighted by atomic mass is 9.83. The van der Waals surface area contributed by atoms with Crippen molar-refractivity contribution in [1.29, 1.82) is 0 Å². The van der Waals surface area contributed by atoms with E-state index in [1.165, 1.54) is 50.0 Å². The molecule has 3 nitrogen and oxygen atoms in total. The van der Waals surface area contributed by atoms with Gasteiger partial charge in [-0.2, -0.15) is 11.8 Å². The number of hydrogen-bond donors (Lipinski definition) is 1. The molecule has 4 aliphatic rings. The maximum atomic E-state index is 9.99. The van der Waals surface area contributed by atoms with Crippen LogP contribution in [0.1, 0.15) is 51.4 Å². The summed E-state index contributed by atoms with van der Waals surface area (Å²) in [5.74, 6) is 2.55. The molecule has 4 rings (SSSR count). The van der Waals surface area contributed by atoms with Crippen LogP contribution in [0.15, 0.2) is 0 Å². The molecule has 3 atom stereocenters. The van der Waals surface area contributed by atoms with E-state index in [0.717, 1.165) is 25.5 Å². The zero-order valence-electron chi connectivity index (χ0n) is 12.3. The molecule has 0 aromatic carbocycles. The topological polar surface area (TPSA) is 32.7 Å². The highest BCUT2D eigenvalue weighted by Crippen LogP contribution is 2.44. The number of thioether (sulfide) groups is 1. The SMILES string of the molecule is OC1CC2CCC(C1)N2C1CCOC2(CCSCC2)C1. The summed E-state index contributed by atoms with van der Waals surface area (Å²) in [6.07, 6.45) is 9.55. The standard InChI is InChI=1S/C16H27NO2S/c18-15-9-12-1-2-13(10-15)17(12)14-3-6-19-16(11-14)4-7-20-8-5-16/h12-15,18H,1-11H2. The van der Waals surface area contributed by atoms with Gasteiger partial charge in [-0.3, -0.25) is 4.90 Å². The van der Waals surface area contributed by atoms with Crippen molar-refractivity contribution in [2.75, 3.05) is 18.1 Å². The van der Waals surface area contributed by atoms with E-state index in [4.69, 9.17) is 4.74 Å². The van der Waals surface area contributed by atoms with Crippen molar-refractivity contribution in [3.05, 3.63) is 0 Å². The van der Waals surface area contributed by atoms with Gasteiger partial charge in [0.15, 0.2) is 0 Å². The van der Waals surface area contributed by atoms with Crippen molar-refractivity contribution in [3.63, 3.8) is 0 Å². The number of ether oxygens (including phenoxy) is 1. The van der Waals surface area contributed by atoms with Crippen molar-refractivity contribution in [2.24, 2.45) is 0 Å². The molecule has 4 heteroatoms. The second kappa shape index (κ2) is 5.45. The van der Waals surface area contributed by atoms with Crippen LogP contribution in [-0.2, 0) is 4.74 Å². The molecule has 0 aromatic heterocycles. The number of fused-ring (bicyclic) bond motifs is 2. The Morgan fingerprint density at radius 2 is 1.70 bits per heavy atom. The van der Waals surface area contributed by atoms with Crippen LogP contribution in [0, 0.1) is 0 Å². The third-order valence-electron chi connectivity index (χ3n) is 6.06. The highest BCUT2D eigenvalue weighted by Gasteiger charge is 2.47. The lowest BCUT2D eigenvalue weighted by Gasteiger charge is -2.50. The molecule has 0 saturated carbocycles. The normalized spacial score (nSPS) is 44.9. The summed E-state index contributed by atoms with van der Waals surface area (Å²) in [4.78, 5) is 2.80. The van der Waals surface area contributed by atoms with Crippen molar-refractivity contribution in [1.82, 2.24) is 4.90 Å². The summed E-state index contributed by atoms with van der Waals surface area (Å²) in [5.41, 5.74) is 0.198. The fourth-order valence-corrected chi connectivity index (χ4v) is 6.37. The molecule has 4 fully saturated rings. The maximum absolute atomic E-state index is 9.99. The molecule has 4 heterocycles. The molecule has 1 spiro atoms. The smallest absolute Gasteiger partial charge is 0.0713 e. The summed E-state index contributed by atoms with van der Waals surface area (Å²) in [5, 5.41) is 9.99. The zero-order valence-corrected chi connectivity index (χ0v) is 13.1. The summed E-state index contributed by atoms with van der Waals surface area (Å²) >= 11 is 2.09. The maximum Gasteiger partial charge on any atom is 0.0713 e. The monoisotopic (exact) mass is 297 g/mol. The Hall–Kier alpha value is 0.230. The highest BCUT2D eigenvalue weighted by atomic mass is 32.2. The van der Waals surface area contributed by atoms with Gasteiger partial charge in [0.2, 0.25) is 0 Å². The first-order chi connectivity index (χ1) is 9.76. The minimum absolute atomic E-state index is 0.0383. The van der Waals surface area contributed by atoms with Crippen LogP contribution in [-0.4, -0.2) is 57.9 Å². The summed E-state index contributed by atoms with van der Waals surface area (Å²) in [6.45, 7) is 0.952. The van der Waals surface area contributed by atoms with Gasteiger partial charge in [-0.05, 0) is 62.9 Å². The van der Waals surface area contributed by atoms with Gasteiger partial charge in [0.1, 0.15) is 0 Å². The Bertz CT molecular complexity index is 339. The van der Waals surface area contributed by atoms with Crippen molar-refractivity contribution in [2.45, 2.75) is 81.2 Å². The van der Waals surface area contributed by atoms with Gasteiger partial charge in [0.25, 0.3) is 0 Å². The minimum atomic E-state index is -0.0383. The zero-order chi connectivity index (χ0) is 13.6. The van der Waals surface area contributed by atoms with Crippen molar-refractivity contribution >= 4 is 11.8 Å². The number of piperidine rings is 1. The second-order valence-corrected chi connectivity index (χ2v) is 8.47. The summed E-state index contributed by atoms with van der Waals surface area (Å²) in [7, 11) is 0. The molecular formula is C16H27NO2S. The third kappa shape index (κ3) is 2.43. The molecule has 0 aliphatic carbocycles. The Labute approximate surface area is 126 Å². The number of nitrogens with zero attached hydrogens (tertiary/aromatic N) is 1. The first-order valence-electron chi connectivity index (χ1n) is 8.43. The first kappa shape index (κ1) is 13.9. The van der Waals surface area contributed by atoms with Crippen LogP contribution in [0.4, 0.5) is 0 Å². The van der Waals surface area contributed by atoms with E-state index in [9.17, 15) is 5.11 Å². The van der Waals surface area contributed by atoms with Crippen LogP contribution in [0.3, 0.4) is 0 Å². The molecule has 2 bridgehead atoms. The van der Waals surface area contributed by atoms with E-state index in [-0.39, 0.29) is 11.7 Å². The minimum Gasteiger partial charge on any atom is -0.393 e. The van der Waals surface area contributed by atoms with E-state index >= 15 is 0 Å². The van der Waals surface area contributed by atoms with E-state index < -0.39 is 0 Å². The van der Waals surface area contributed by atoms with Gasteiger partial charge in [-0.25, -0.2) is 0 Å². The number of aliphatic hydroxyl groups is 1. The molecule has 0 aromatic rings. The third-order valence-corrected chi connectivity index (χ3v) is 7.04. The van der Waals surface area contributed by atoms with Crippen LogP contribution < -0.4 is 0 Å². The van der Waals surface area contributed by atoms with Gasteiger partial charge in [0, 0.05) is 24.7 Å². The first-order valence-corrected chi connectivity index (χ1v) is 9.58. The highest BCUT2D eigenvalue weighted by molar-refractivity contribution is 7.99. The van der Waals surface area contributed by atoms with Crippen LogP contribution in [0.2, 0.25) is 0 Å². The number of hydrogen-bond acceptors (Lipinski definition) is 4. The average Bonchev–Trinajstić information content (AvgIpc) is 2.72. The molecule has 4 aliphatic heterocycles. The Morgan fingerprint density at radius 3 is 2.40 bits per heavy atom. The predicted molar refractivity (Wildman–Crippen MR) is 82.2 cm³/mol.